The number of carbonyl (C=O) groups is 1. The van der Waals surface area contributed by atoms with Crippen LogP contribution in [0.25, 0.3) is 10.8 Å². The standard InChI is InChI=1S/C22H18F2N2O2/c1-26(22(27)18-8-4-6-14-5-2-3-7-17(14)18)13-16-12-21(25-28-16)19-10-9-15(23)11-20(19)24/h2-11,16H,12-13H2,1H3. The molecule has 0 spiro atoms. The fourth-order valence-corrected chi connectivity index (χ4v) is 3.41. The second kappa shape index (κ2) is 7.38. The Bertz CT molecular complexity index is 1080. The molecule has 28 heavy (non-hydrogen) atoms. The minimum Gasteiger partial charge on any atom is -0.390 e. The molecule has 0 aromatic heterocycles. The zero-order valence-electron chi connectivity index (χ0n) is 15.2. The van der Waals surface area contributed by atoms with Crippen molar-refractivity contribution in [3.05, 3.63) is 83.4 Å². The second-order valence-corrected chi connectivity index (χ2v) is 6.81. The van der Waals surface area contributed by atoms with Gasteiger partial charge in [-0.25, -0.2) is 8.78 Å². The maximum Gasteiger partial charge on any atom is 0.254 e. The molecule has 1 unspecified atom stereocenters. The van der Waals surface area contributed by atoms with Crippen molar-refractivity contribution in [1.29, 1.82) is 0 Å². The number of amides is 1. The van der Waals surface area contributed by atoms with Gasteiger partial charge in [0.05, 0.1) is 12.3 Å². The SMILES string of the molecule is CN(CC1CC(c2ccc(F)cc2F)=NO1)C(=O)c1cccc2ccccc12. The number of oxime groups is 1. The Labute approximate surface area is 161 Å². The van der Waals surface area contributed by atoms with Crippen LogP contribution in [0.2, 0.25) is 0 Å². The zero-order chi connectivity index (χ0) is 19.7. The third-order valence-electron chi connectivity index (χ3n) is 4.82. The molecule has 0 saturated carbocycles. The van der Waals surface area contributed by atoms with Gasteiger partial charge >= 0.3 is 0 Å². The van der Waals surface area contributed by atoms with Gasteiger partial charge in [-0.3, -0.25) is 4.79 Å². The van der Waals surface area contributed by atoms with Gasteiger partial charge in [0, 0.05) is 30.7 Å². The van der Waals surface area contributed by atoms with E-state index in [0.29, 0.717) is 24.2 Å². The van der Waals surface area contributed by atoms with Crippen LogP contribution in [0.3, 0.4) is 0 Å². The topological polar surface area (TPSA) is 41.9 Å². The minimum atomic E-state index is -0.678. The fraction of sp³-hybridized carbons (Fsp3) is 0.182. The largest absolute Gasteiger partial charge is 0.390 e. The molecule has 4 rings (SSSR count). The molecule has 142 valence electrons. The van der Waals surface area contributed by atoms with Gasteiger partial charge in [-0.15, -0.1) is 0 Å². The molecule has 0 bridgehead atoms. The first-order valence-corrected chi connectivity index (χ1v) is 8.94. The van der Waals surface area contributed by atoms with Crippen LogP contribution in [0, 0.1) is 11.6 Å². The summed E-state index contributed by atoms with van der Waals surface area (Å²) in [6, 6.07) is 16.7. The van der Waals surface area contributed by atoms with E-state index in [2.05, 4.69) is 5.16 Å². The van der Waals surface area contributed by atoms with Crippen molar-refractivity contribution < 1.29 is 18.4 Å². The van der Waals surface area contributed by atoms with E-state index < -0.39 is 11.6 Å². The first-order chi connectivity index (χ1) is 13.5. The summed E-state index contributed by atoms with van der Waals surface area (Å²) in [7, 11) is 1.70. The van der Waals surface area contributed by atoms with E-state index in [1.54, 1.807) is 18.0 Å². The van der Waals surface area contributed by atoms with Crippen LogP contribution in [0.15, 0.2) is 65.8 Å². The van der Waals surface area contributed by atoms with E-state index in [1.165, 1.54) is 12.1 Å². The Morgan fingerprint density at radius 2 is 1.93 bits per heavy atom. The lowest BCUT2D eigenvalue weighted by molar-refractivity contribution is 0.0483. The van der Waals surface area contributed by atoms with Crippen LogP contribution in [0.5, 0.6) is 0 Å². The van der Waals surface area contributed by atoms with E-state index in [-0.39, 0.29) is 17.6 Å². The lowest BCUT2D eigenvalue weighted by atomic mass is 10.0. The molecule has 3 aromatic rings. The maximum atomic E-state index is 13.9. The number of likely N-dealkylation sites (N-methyl/N-ethyl adjacent to an activating group) is 1. The third-order valence-corrected chi connectivity index (χ3v) is 4.82. The molecule has 3 aromatic carbocycles. The normalized spacial score (nSPS) is 16.0. The number of nitrogens with zero attached hydrogens (tertiary/aromatic N) is 2. The lowest BCUT2D eigenvalue weighted by Crippen LogP contribution is -2.34. The molecule has 4 nitrogen and oxygen atoms in total. The number of rotatable bonds is 4. The summed E-state index contributed by atoms with van der Waals surface area (Å²) in [5.74, 6) is -1.44. The van der Waals surface area contributed by atoms with Crippen LogP contribution in [0.1, 0.15) is 22.3 Å². The summed E-state index contributed by atoms with van der Waals surface area (Å²) in [6.07, 6.45) is -0.0428. The molecule has 0 fully saturated rings. The molecule has 1 aliphatic heterocycles. The molecule has 0 aliphatic carbocycles. The van der Waals surface area contributed by atoms with Gasteiger partial charge < -0.3 is 9.74 Å². The Morgan fingerprint density at radius 3 is 2.75 bits per heavy atom. The first kappa shape index (κ1) is 18.1. The van der Waals surface area contributed by atoms with Gasteiger partial charge in [-0.2, -0.15) is 0 Å². The molecule has 1 aliphatic rings. The second-order valence-electron chi connectivity index (χ2n) is 6.81. The van der Waals surface area contributed by atoms with Crippen molar-refractivity contribution in [2.24, 2.45) is 5.16 Å². The van der Waals surface area contributed by atoms with Crippen LogP contribution in [-0.4, -0.2) is 36.2 Å². The van der Waals surface area contributed by atoms with Gasteiger partial charge in [0.2, 0.25) is 0 Å². The highest BCUT2D eigenvalue weighted by molar-refractivity contribution is 6.07. The summed E-state index contributed by atoms with van der Waals surface area (Å²) in [5, 5.41) is 5.81. The Kier molecular flexibility index (Phi) is 4.77. The average Bonchev–Trinajstić information content (AvgIpc) is 3.15. The molecular weight excluding hydrogens is 362 g/mol. The predicted molar refractivity (Wildman–Crippen MR) is 103 cm³/mol. The van der Waals surface area contributed by atoms with Gasteiger partial charge in [-0.1, -0.05) is 41.6 Å². The number of hydrogen-bond donors (Lipinski definition) is 0. The van der Waals surface area contributed by atoms with Crippen molar-refractivity contribution in [3.63, 3.8) is 0 Å². The molecular formula is C22H18F2N2O2. The molecule has 1 atom stereocenters. The summed E-state index contributed by atoms with van der Waals surface area (Å²) in [6.45, 7) is 0.303. The Balaban J connectivity index is 1.46. The zero-order valence-corrected chi connectivity index (χ0v) is 15.2. The third kappa shape index (κ3) is 3.45. The van der Waals surface area contributed by atoms with E-state index in [9.17, 15) is 13.6 Å². The van der Waals surface area contributed by atoms with Crippen molar-refractivity contribution in [3.8, 4) is 0 Å². The summed E-state index contributed by atoms with van der Waals surface area (Å²) >= 11 is 0. The van der Waals surface area contributed by atoms with Crippen molar-refractivity contribution in [2.75, 3.05) is 13.6 Å². The lowest BCUT2D eigenvalue weighted by Gasteiger charge is -2.21. The minimum absolute atomic E-state index is 0.123. The summed E-state index contributed by atoms with van der Waals surface area (Å²) in [4.78, 5) is 19.9. The number of fused-ring (bicyclic) bond motifs is 1. The fourth-order valence-electron chi connectivity index (χ4n) is 3.41. The van der Waals surface area contributed by atoms with Crippen LogP contribution in [-0.2, 0) is 4.84 Å². The van der Waals surface area contributed by atoms with Crippen LogP contribution in [0.4, 0.5) is 8.78 Å². The highest BCUT2D eigenvalue weighted by atomic mass is 19.1. The highest BCUT2D eigenvalue weighted by Crippen LogP contribution is 2.23. The van der Waals surface area contributed by atoms with Gasteiger partial charge in [0.15, 0.2) is 6.10 Å². The Hall–Kier alpha value is -3.28. The van der Waals surface area contributed by atoms with E-state index >= 15 is 0 Å². The van der Waals surface area contributed by atoms with Crippen LogP contribution < -0.4 is 0 Å². The van der Waals surface area contributed by atoms with Crippen LogP contribution >= 0.6 is 0 Å². The maximum absolute atomic E-state index is 13.9. The number of halogens is 2. The summed E-state index contributed by atoms with van der Waals surface area (Å²) in [5.41, 5.74) is 1.24. The van der Waals surface area contributed by atoms with E-state index in [1.807, 2.05) is 36.4 Å². The molecule has 0 saturated heterocycles. The smallest absolute Gasteiger partial charge is 0.254 e. The van der Waals surface area contributed by atoms with E-state index in [0.717, 1.165) is 16.8 Å². The first-order valence-electron chi connectivity index (χ1n) is 8.94. The van der Waals surface area contributed by atoms with Gasteiger partial charge in [-0.05, 0) is 29.0 Å². The number of carbonyl (C=O) groups excluding carboxylic acids is 1. The quantitative estimate of drug-likeness (QED) is 0.674. The van der Waals surface area contributed by atoms with Crippen molar-refractivity contribution in [1.82, 2.24) is 4.90 Å². The predicted octanol–water partition coefficient (Wildman–Crippen LogP) is 4.38. The monoisotopic (exact) mass is 380 g/mol. The molecule has 1 amide bonds. The van der Waals surface area contributed by atoms with Gasteiger partial charge in [0.25, 0.3) is 5.91 Å². The number of hydrogen-bond acceptors (Lipinski definition) is 3. The average molecular weight is 380 g/mol. The van der Waals surface area contributed by atoms with Crippen molar-refractivity contribution in [2.45, 2.75) is 12.5 Å². The van der Waals surface area contributed by atoms with E-state index in [4.69, 9.17) is 4.84 Å². The molecule has 6 heteroatoms. The Morgan fingerprint density at radius 1 is 1.14 bits per heavy atom. The molecule has 1 heterocycles. The number of benzene rings is 3. The molecule has 0 radical (unpaired) electrons. The molecule has 0 N–H and O–H groups in total. The van der Waals surface area contributed by atoms with Gasteiger partial charge in [0.1, 0.15) is 11.6 Å². The van der Waals surface area contributed by atoms with Crippen molar-refractivity contribution >= 4 is 22.4 Å². The highest BCUT2D eigenvalue weighted by Gasteiger charge is 2.27. The summed E-state index contributed by atoms with van der Waals surface area (Å²) < 4.78 is 27.0.